The summed E-state index contributed by atoms with van der Waals surface area (Å²) < 4.78 is 19.7. The quantitative estimate of drug-likeness (QED) is 0.854. The predicted octanol–water partition coefficient (Wildman–Crippen LogP) is 1.92. The molecule has 6 nitrogen and oxygen atoms in total. The van der Waals surface area contributed by atoms with Gasteiger partial charge in [-0.2, -0.15) is 5.10 Å². The predicted molar refractivity (Wildman–Crippen MR) is 84.8 cm³/mol. The van der Waals surface area contributed by atoms with Gasteiger partial charge in [-0.25, -0.2) is 13.9 Å². The Hall–Kier alpha value is -2.57. The molecule has 0 saturated heterocycles. The number of urea groups is 1. The van der Waals surface area contributed by atoms with Crippen LogP contribution in [0.25, 0.3) is 0 Å². The van der Waals surface area contributed by atoms with E-state index in [-0.39, 0.29) is 11.8 Å². The zero-order valence-electron chi connectivity index (χ0n) is 13.5. The highest BCUT2D eigenvalue weighted by atomic mass is 19.1. The molecule has 0 aliphatic rings. The van der Waals surface area contributed by atoms with Crippen LogP contribution in [0.4, 0.5) is 9.18 Å². The molecule has 124 valence electrons. The van der Waals surface area contributed by atoms with Crippen LogP contribution in [0.5, 0.6) is 5.88 Å². The number of amides is 2. The number of methoxy groups -OCH3 is 1. The highest BCUT2D eigenvalue weighted by Crippen LogP contribution is 2.20. The van der Waals surface area contributed by atoms with E-state index in [9.17, 15) is 9.18 Å². The van der Waals surface area contributed by atoms with Crippen LogP contribution in [0.2, 0.25) is 0 Å². The molecule has 2 aromatic rings. The van der Waals surface area contributed by atoms with E-state index in [0.717, 1.165) is 16.8 Å². The number of hydrogen-bond acceptors (Lipinski definition) is 3. The van der Waals surface area contributed by atoms with E-state index in [2.05, 4.69) is 15.7 Å². The van der Waals surface area contributed by atoms with Crippen molar-refractivity contribution in [2.24, 2.45) is 7.05 Å². The first-order valence-corrected chi connectivity index (χ1v) is 7.34. The SMILES string of the molecule is COc1c(CNC(=O)NCCc2ccc(F)cc2)c(C)nn1C. The van der Waals surface area contributed by atoms with E-state index in [1.807, 2.05) is 6.92 Å². The van der Waals surface area contributed by atoms with Crippen molar-refractivity contribution in [3.05, 3.63) is 46.9 Å². The van der Waals surface area contributed by atoms with E-state index in [0.29, 0.717) is 25.4 Å². The van der Waals surface area contributed by atoms with Gasteiger partial charge in [0.2, 0.25) is 5.88 Å². The number of carbonyl (C=O) groups excluding carboxylic acids is 1. The third kappa shape index (κ3) is 4.45. The van der Waals surface area contributed by atoms with Gasteiger partial charge >= 0.3 is 6.03 Å². The maximum Gasteiger partial charge on any atom is 0.315 e. The van der Waals surface area contributed by atoms with Crippen LogP contribution in [0.1, 0.15) is 16.8 Å². The Morgan fingerprint density at radius 2 is 2.00 bits per heavy atom. The average molecular weight is 320 g/mol. The Morgan fingerprint density at radius 1 is 1.30 bits per heavy atom. The van der Waals surface area contributed by atoms with Crippen molar-refractivity contribution >= 4 is 6.03 Å². The third-order valence-electron chi connectivity index (χ3n) is 3.52. The van der Waals surface area contributed by atoms with Crippen LogP contribution < -0.4 is 15.4 Å². The fourth-order valence-electron chi connectivity index (χ4n) is 2.34. The van der Waals surface area contributed by atoms with Crippen molar-refractivity contribution in [1.29, 1.82) is 0 Å². The number of aromatic nitrogens is 2. The molecule has 2 N–H and O–H groups in total. The van der Waals surface area contributed by atoms with Gasteiger partial charge in [-0.3, -0.25) is 0 Å². The Balaban J connectivity index is 1.78. The van der Waals surface area contributed by atoms with Crippen molar-refractivity contribution in [2.45, 2.75) is 19.9 Å². The summed E-state index contributed by atoms with van der Waals surface area (Å²) in [6.45, 7) is 2.68. The Bertz CT molecular complexity index is 667. The Kier molecular flexibility index (Phi) is 5.56. The highest BCUT2D eigenvalue weighted by Gasteiger charge is 2.14. The van der Waals surface area contributed by atoms with E-state index in [1.54, 1.807) is 31.0 Å². The summed E-state index contributed by atoms with van der Waals surface area (Å²) in [5, 5.41) is 9.81. The second kappa shape index (κ2) is 7.62. The van der Waals surface area contributed by atoms with Gasteiger partial charge in [-0.05, 0) is 31.0 Å². The molecule has 0 unspecified atom stereocenters. The number of carbonyl (C=O) groups is 1. The molecule has 1 aromatic carbocycles. The van der Waals surface area contributed by atoms with Gasteiger partial charge in [0, 0.05) is 13.6 Å². The number of nitrogens with zero attached hydrogens (tertiary/aromatic N) is 2. The second-order valence-corrected chi connectivity index (χ2v) is 5.18. The molecule has 0 fully saturated rings. The van der Waals surface area contributed by atoms with Gasteiger partial charge in [0.05, 0.1) is 24.9 Å². The fourth-order valence-corrected chi connectivity index (χ4v) is 2.34. The summed E-state index contributed by atoms with van der Waals surface area (Å²) in [5.74, 6) is 0.370. The lowest BCUT2D eigenvalue weighted by atomic mass is 10.1. The first kappa shape index (κ1) is 16.8. The molecular weight excluding hydrogens is 299 g/mol. The van der Waals surface area contributed by atoms with Gasteiger partial charge in [0.25, 0.3) is 0 Å². The molecule has 0 bridgehead atoms. The highest BCUT2D eigenvalue weighted by molar-refractivity contribution is 5.73. The van der Waals surface area contributed by atoms with E-state index in [1.165, 1.54) is 12.1 Å². The van der Waals surface area contributed by atoms with E-state index < -0.39 is 0 Å². The van der Waals surface area contributed by atoms with Gasteiger partial charge in [0.15, 0.2) is 0 Å². The standard InChI is InChI=1S/C16H21FN4O2/c1-11-14(15(23-3)21(2)20-11)10-19-16(22)18-9-8-12-4-6-13(17)7-5-12/h4-7H,8-10H2,1-3H3,(H2,18,19,22). The molecule has 0 spiro atoms. The number of nitrogens with one attached hydrogen (secondary N) is 2. The van der Waals surface area contributed by atoms with Crippen LogP contribution in [0.15, 0.2) is 24.3 Å². The Labute approximate surface area is 134 Å². The summed E-state index contributed by atoms with van der Waals surface area (Å²) >= 11 is 0. The lowest BCUT2D eigenvalue weighted by Crippen LogP contribution is -2.36. The van der Waals surface area contributed by atoms with Crippen LogP contribution in [-0.2, 0) is 20.0 Å². The van der Waals surface area contributed by atoms with Crippen LogP contribution in [-0.4, -0.2) is 29.5 Å². The van der Waals surface area contributed by atoms with Crippen LogP contribution >= 0.6 is 0 Å². The number of ether oxygens (including phenoxy) is 1. The van der Waals surface area contributed by atoms with Gasteiger partial charge in [-0.1, -0.05) is 12.1 Å². The summed E-state index contributed by atoms with van der Waals surface area (Å²) in [6, 6.07) is 5.97. The first-order chi connectivity index (χ1) is 11.0. The summed E-state index contributed by atoms with van der Waals surface area (Å²) in [5.41, 5.74) is 2.64. The maximum atomic E-state index is 12.8. The number of aryl methyl sites for hydroxylation is 2. The maximum absolute atomic E-state index is 12.8. The largest absolute Gasteiger partial charge is 0.481 e. The third-order valence-corrected chi connectivity index (χ3v) is 3.52. The summed E-state index contributed by atoms with van der Waals surface area (Å²) in [7, 11) is 3.36. The minimum Gasteiger partial charge on any atom is -0.481 e. The smallest absolute Gasteiger partial charge is 0.315 e. The van der Waals surface area contributed by atoms with Crippen molar-refractivity contribution in [2.75, 3.05) is 13.7 Å². The van der Waals surface area contributed by atoms with Crippen molar-refractivity contribution in [3.8, 4) is 5.88 Å². The lowest BCUT2D eigenvalue weighted by Gasteiger charge is -2.09. The van der Waals surface area contributed by atoms with Crippen molar-refractivity contribution in [3.63, 3.8) is 0 Å². The monoisotopic (exact) mass is 320 g/mol. The van der Waals surface area contributed by atoms with Gasteiger partial charge in [0.1, 0.15) is 5.82 Å². The molecule has 0 saturated carbocycles. The number of halogens is 1. The van der Waals surface area contributed by atoms with Crippen molar-refractivity contribution < 1.29 is 13.9 Å². The van der Waals surface area contributed by atoms with Gasteiger partial charge < -0.3 is 15.4 Å². The normalized spacial score (nSPS) is 10.4. The molecule has 0 aliphatic carbocycles. The van der Waals surface area contributed by atoms with E-state index in [4.69, 9.17) is 4.74 Å². The van der Waals surface area contributed by atoms with Crippen LogP contribution in [0.3, 0.4) is 0 Å². The average Bonchev–Trinajstić information content (AvgIpc) is 2.80. The van der Waals surface area contributed by atoms with E-state index >= 15 is 0 Å². The molecule has 2 rings (SSSR count). The molecule has 1 aromatic heterocycles. The molecule has 0 aliphatic heterocycles. The zero-order chi connectivity index (χ0) is 16.8. The van der Waals surface area contributed by atoms with Gasteiger partial charge in [-0.15, -0.1) is 0 Å². The zero-order valence-corrected chi connectivity index (χ0v) is 13.5. The summed E-state index contributed by atoms with van der Waals surface area (Å²) in [6.07, 6.45) is 0.642. The molecular formula is C16H21FN4O2. The minimum absolute atomic E-state index is 0.264. The molecule has 7 heteroatoms. The first-order valence-electron chi connectivity index (χ1n) is 7.34. The number of rotatable bonds is 6. The number of hydrogen-bond donors (Lipinski definition) is 2. The molecule has 23 heavy (non-hydrogen) atoms. The molecule has 1 heterocycles. The molecule has 0 atom stereocenters. The lowest BCUT2D eigenvalue weighted by molar-refractivity contribution is 0.240. The van der Waals surface area contributed by atoms with Crippen molar-refractivity contribution in [1.82, 2.24) is 20.4 Å². The summed E-state index contributed by atoms with van der Waals surface area (Å²) in [4.78, 5) is 11.8. The molecule has 2 amide bonds. The Morgan fingerprint density at radius 3 is 2.65 bits per heavy atom. The topological polar surface area (TPSA) is 68.2 Å². The minimum atomic E-state index is -0.266. The number of benzene rings is 1. The molecule has 0 radical (unpaired) electrons. The second-order valence-electron chi connectivity index (χ2n) is 5.18. The van der Waals surface area contributed by atoms with Crippen LogP contribution in [0, 0.1) is 12.7 Å². The fraction of sp³-hybridized carbons (Fsp3) is 0.375.